The minimum absolute atomic E-state index is 0.194. The van der Waals surface area contributed by atoms with E-state index in [4.69, 9.17) is 11.3 Å². The van der Waals surface area contributed by atoms with E-state index >= 15 is 0 Å². The van der Waals surface area contributed by atoms with Gasteiger partial charge < -0.3 is 8.98 Å². The van der Waals surface area contributed by atoms with Gasteiger partial charge in [0.05, 0.1) is 17.9 Å². The fraction of sp³-hybridized carbons (Fsp3) is 0.0323. The maximum absolute atomic E-state index is 8.48. The summed E-state index contributed by atoms with van der Waals surface area (Å²) in [6, 6.07) is 24.7. The molecule has 0 bridgehead atoms. The molecule has 0 spiro atoms. The van der Waals surface area contributed by atoms with E-state index in [0.29, 0.717) is 5.56 Å². The van der Waals surface area contributed by atoms with E-state index in [2.05, 4.69) is 47.9 Å². The van der Waals surface area contributed by atoms with Gasteiger partial charge in [-0.2, -0.15) is 0 Å². The van der Waals surface area contributed by atoms with Crippen molar-refractivity contribution in [3.63, 3.8) is 0 Å². The molecule has 2 aromatic heterocycles. The van der Waals surface area contributed by atoms with Gasteiger partial charge in [0.15, 0.2) is 5.58 Å². The van der Waals surface area contributed by atoms with Crippen LogP contribution in [-0.2, 0) is 0 Å². The highest BCUT2D eigenvalue weighted by atomic mass is 16.3. The van der Waals surface area contributed by atoms with Gasteiger partial charge in [-0.05, 0) is 60.0 Å². The molecule has 0 aliphatic carbocycles. The molecule has 2 heteroatoms. The molecular weight excluding hydrogens is 402 g/mol. The van der Waals surface area contributed by atoms with Gasteiger partial charge in [-0.3, -0.25) is 0 Å². The van der Waals surface area contributed by atoms with Crippen molar-refractivity contribution in [2.75, 3.05) is 0 Å². The van der Waals surface area contributed by atoms with E-state index in [1.54, 1.807) is 0 Å². The molecule has 0 aliphatic heterocycles. The highest BCUT2D eigenvalue weighted by molar-refractivity contribution is 6.21. The van der Waals surface area contributed by atoms with Crippen LogP contribution in [0.5, 0.6) is 0 Å². The maximum atomic E-state index is 8.48. The predicted molar refractivity (Wildman–Crippen MR) is 138 cm³/mol. The van der Waals surface area contributed by atoms with Gasteiger partial charge in [-0.25, -0.2) is 0 Å². The van der Waals surface area contributed by atoms with Gasteiger partial charge in [-0.1, -0.05) is 72.7 Å². The van der Waals surface area contributed by atoms with Gasteiger partial charge in [-0.15, -0.1) is 0 Å². The minimum Gasteiger partial charge on any atom is -0.454 e. The van der Waals surface area contributed by atoms with E-state index in [0.717, 1.165) is 55.0 Å². The quantitative estimate of drug-likeness (QED) is 0.269. The van der Waals surface area contributed by atoms with Crippen molar-refractivity contribution in [2.45, 2.75) is 6.92 Å². The van der Waals surface area contributed by atoms with Crippen LogP contribution in [0.25, 0.3) is 60.6 Å². The zero-order valence-corrected chi connectivity index (χ0v) is 17.9. The molecule has 0 unspecified atom stereocenters. The first-order valence-electron chi connectivity index (χ1n) is 13.4. The lowest BCUT2D eigenvalue weighted by Gasteiger charge is -2.09. The molecule has 5 aromatic carbocycles. The number of hydrogen-bond acceptors (Lipinski definition) is 1. The van der Waals surface area contributed by atoms with Crippen molar-refractivity contribution in [2.24, 2.45) is 0 Å². The van der Waals surface area contributed by atoms with Crippen LogP contribution in [0.3, 0.4) is 0 Å². The number of fused-ring (bicyclic) bond motifs is 7. The molecule has 0 saturated heterocycles. The summed E-state index contributed by atoms with van der Waals surface area (Å²) in [6.45, 7) is 2.06. The number of aromatic nitrogens is 1. The summed E-state index contributed by atoms with van der Waals surface area (Å²) in [6.07, 6.45) is 0. The first-order valence-corrected chi connectivity index (χ1v) is 10.9. The molecule has 0 radical (unpaired) electrons. The molecule has 0 N–H and O–H groups in total. The van der Waals surface area contributed by atoms with Crippen LogP contribution in [0.15, 0.2) is 113 Å². The molecule has 0 aliphatic rings. The summed E-state index contributed by atoms with van der Waals surface area (Å²) in [4.78, 5) is 0. The lowest BCUT2D eigenvalue weighted by atomic mass is 10.0. The third-order valence-electron chi connectivity index (χ3n) is 6.32. The topological polar surface area (TPSA) is 18.1 Å². The molecule has 33 heavy (non-hydrogen) atoms. The minimum atomic E-state index is -0.395. The number of nitrogens with zero attached hydrogens (tertiary/aromatic N) is 1. The van der Waals surface area contributed by atoms with E-state index in [1.807, 2.05) is 42.5 Å². The third-order valence-corrected chi connectivity index (χ3v) is 6.32. The normalized spacial score (nSPS) is 13.9. The second kappa shape index (κ2) is 6.85. The number of benzene rings is 5. The Bertz CT molecular complexity index is 2070. The molecule has 0 saturated carbocycles. The zero-order chi connectivity index (χ0) is 26.3. The van der Waals surface area contributed by atoms with E-state index in [-0.39, 0.29) is 29.7 Å². The largest absolute Gasteiger partial charge is 0.454 e. The van der Waals surface area contributed by atoms with E-state index in [1.165, 1.54) is 0 Å². The van der Waals surface area contributed by atoms with Crippen LogP contribution in [0.4, 0.5) is 0 Å². The lowest BCUT2D eigenvalue weighted by Crippen LogP contribution is -1.94. The van der Waals surface area contributed by atoms with Crippen LogP contribution in [0.2, 0.25) is 0 Å². The predicted octanol–water partition coefficient (Wildman–Crippen LogP) is 8.66. The lowest BCUT2D eigenvalue weighted by molar-refractivity contribution is 0.671. The van der Waals surface area contributed by atoms with Gasteiger partial charge in [0, 0.05) is 27.2 Å². The van der Waals surface area contributed by atoms with Crippen molar-refractivity contribution < 1.29 is 11.3 Å². The maximum Gasteiger partial charge on any atom is 0.160 e. The summed E-state index contributed by atoms with van der Waals surface area (Å²) in [7, 11) is 0. The Morgan fingerprint density at radius 1 is 0.697 bits per heavy atom. The van der Waals surface area contributed by atoms with Gasteiger partial charge in [0.1, 0.15) is 5.58 Å². The molecule has 7 rings (SSSR count). The Morgan fingerprint density at radius 2 is 1.55 bits per heavy atom. The van der Waals surface area contributed by atoms with Crippen LogP contribution in [0, 0.1) is 6.92 Å². The average molecular weight is 429 g/mol. The number of aryl methyl sites for hydroxylation is 1. The van der Waals surface area contributed by atoms with Crippen molar-refractivity contribution in [3.05, 3.63) is 115 Å². The Kier molecular flexibility index (Phi) is 2.90. The standard InChI is InChI=1S/C31H21NO/c1-20-8-7-11-23(18-20)32-28-17-14-22(21-9-3-2-4-10-21)19-27(28)25-15-16-26-24-12-5-6-13-29(24)33-31(26)30(25)32/h2-19H,1H3/i2D,3D,4D,9D,10D. The summed E-state index contributed by atoms with van der Waals surface area (Å²) in [5.41, 5.74) is 6.36. The van der Waals surface area contributed by atoms with E-state index < -0.39 is 6.04 Å². The van der Waals surface area contributed by atoms with Crippen molar-refractivity contribution >= 4 is 43.7 Å². The van der Waals surface area contributed by atoms with Gasteiger partial charge in [0.2, 0.25) is 0 Å². The number of para-hydroxylation sites is 1. The molecule has 0 fully saturated rings. The first kappa shape index (κ1) is 14.0. The van der Waals surface area contributed by atoms with Gasteiger partial charge in [0.25, 0.3) is 0 Å². The molecule has 156 valence electrons. The SMILES string of the molecule is [2H]c1c([2H])c([2H])c(-c2ccc3c(c2)c2ccc4c5ccccc5oc4c2n3-c2cccc(C)c2)c([2H])c1[2H]. The molecule has 0 amide bonds. The summed E-state index contributed by atoms with van der Waals surface area (Å²) in [5.74, 6) is 0. The zero-order valence-electron chi connectivity index (χ0n) is 22.9. The fourth-order valence-corrected chi connectivity index (χ4v) is 4.87. The highest BCUT2D eigenvalue weighted by Gasteiger charge is 2.19. The molecule has 7 aromatic rings. The second-order valence-electron chi connectivity index (χ2n) is 8.34. The third kappa shape index (κ3) is 2.68. The van der Waals surface area contributed by atoms with Crippen LogP contribution >= 0.6 is 0 Å². The number of rotatable bonds is 2. The van der Waals surface area contributed by atoms with Crippen molar-refractivity contribution in [1.82, 2.24) is 4.57 Å². The fourth-order valence-electron chi connectivity index (χ4n) is 4.87. The summed E-state index contributed by atoms with van der Waals surface area (Å²) < 4.78 is 49.8. The monoisotopic (exact) mass is 428 g/mol. The van der Waals surface area contributed by atoms with Crippen LogP contribution in [0.1, 0.15) is 12.4 Å². The smallest absolute Gasteiger partial charge is 0.160 e. The first-order chi connectivity index (χ1) is 18.3. The van der Waals surface area contributed by atoms with E-state index in [9.17, 15) is 0 Å². The van der Waals surface area contributed by atoms with Crippen molar-refractivity contribution in [3.8, 4) is 16.8 Å². The summed E-state index contributed by atoms with van der Waals surface area (Å²) in [5, 5.41) is 3.94. The molecule has 0 atom stereocenters. The molecular formula is C31H21NO. The van der Waals surface area contributed by atoms with Crippen LogP contribution in [-0.4, -0.2) is 4.57 Å². The molecule has 2 heterocycles. The molecule has 2 nitrogen and oxygen atoms in total. The Balaban J connectivity index is 1.64. The summed E-state index contributed by atoms with van der Waals surface area (Å²) >= 11 is 0. The van der Waals surface area contributed by atoms with Crippen LogP contribution < -0.4 is 0 Å². The van der Waals surface area contributed by atoms with Crippen molar-refractivity contribution in [1.29, 1.82) is 0 Å². The highest BCUT2D eigenvalue weighted by Crippen LogP contribution is 2.41. The Hall–Kier alpha value is -4.30. The Morgan fingerprint density at radius 3 is 2.42 bits per heavy atom. The second-order valence-corrected chi connectivity index (χ2v) is 8.34. The average Bonchev–Trinajstić information content (AvgIpc) is 3.46. The number of hydrogen-bond donors (Lipinski definition) is 0. The Labute approximate surface area is 198 Å². The van der Waals surface area contributed by atoms with Gasteiger partial charge >= 0.3 is 0 Å². The number of furan rings is 1.